The summed E-state index contributed by atoms with van der Waals surface area (Å²) >= 11 is 0. The molecular weight excluding hydrogens is 160 g/mol. The minimum Gasteiger partial charge on any atom is -0.490 e. The summed E-state index contributed by atoms with van der Waals surface area (Å²) in [4.78, 5) is 0. The summed E-state index contributed by atoms with van der Waals surface area (Å²) in [6.45, 7) is 7.34. The van der Waals surface area contributed by atoms with Crippen LogP contribution in [-0.4, -0.2) is 6.10 Å². The van der Waals surface area contributed by atoms with E-state index in [9.17, 15) is 0 Å². The quantitative estimate of drug-likeness (QED) is 0.472. The van der Waals surface area contributed by atoms with Crippen LogP contribution in [-0.2, 0) is 4.74 Å². The van der Waals surface area contributed by atoms with Crippen molar-refractivity contribution in [1.82, 2.24) is 0 Å². The summed E-state index contributed by atoms with van der Waals surface area (Å²) in [5, 5.41) is 0. The van der Waals surface area contributed by atoms with Crippen molar-refractivity contribution >= 4 is 0 Å². The molecule has 0 aromatic carbocycles. The molecule has 1 saturated carbocycles. The lowest BCUT2D eigenvalue weighted by Gasteiger charge is -2.23. The van der Waals surface area contributed by atoms with Gasteiger partial charge in [0.15, 0.2) is 0 Å². The molecule has 0 unspecified atom stereocenters. The SMILES string of the molecule is C=CC=C(C=C)OC1CCCCC1. The Balaban J connectivity index is 2.40. The summed E-state index contributed by atoms with van der Waals surface area (Å²) in [5.41, 5.74) is 0. The normalized spacial score (nSPS) is 19.5. The molecule has 1 rings (SSSR count). The lowest BCUT2D eigenvalue weighted by molar-refractivity contribution is 0.0902. The van der Waals surface area contributed by atoms with Crippen LogP contribution < -0.4 is 0 Å². The smallest absolute Gasteiger partial charge is 0.119 e. The Kier molecular flexibility index (Phi) is 4.37. The van der Waals surface area contributed by atoms with Crippen molar-refractivity contribution in [3.05, 3.63) is 37.1 Å². The molecule has 0 atom stereocenters. The van der Waals surface area contributed by atoms with E-state index in [1.807, 2.05) is 6.08 Å². The van der Waals surface area contributed by atoms with E-state index in [1.54, 1.807) is 12.2 Å². The minimum absolute atomic E-state index is 0.401. The summed E-state index contributed by atoms with van der Waals surface area (Å²) in [7, 11) is 0. The van der Waals surface area contributed by atoms with Crippen molar-refractivity contribution in [2.45, 2.75) is 38.2 Å². The fourth-order valence-electron chi connectivity index (χ4n) is 1.65. The molecule has 72 valence electrons. The first-order valence-electron chi connectivity index (χ1n) is 4.98. The third-order valence-electron chi connectivity index (χ3n) is 2.34. The van der Waals surface area contributed by atoms with Crippen LogP contribution in [0, 0.1) is 0 Å². The first-order valence-corrected chi connectivity index (χ1v) is 4.98. The van der Waals surface area contributed by atoms with Crippen LogP contribution in [0.2, 0.25) is 0 Å². The summed E-state index contributed by atoms with van der Waals surface area (Å²) in [5.74, 6) is 0.849. The average Bonchev–Trinajstić information content (AvgIpc) is 2.19. The fraction of sp³-hybridized carbons (Fsp3) is 0.500. The maximum Gasteiger partial charge on any atom is 0.119 e. The van der Waals surface area contributed by atoms with Gasteiger partial charge in [-0.1, -0.05) is 25.7 Å². The lowest BCUT2D eigenvalue weighted by atomic mass is 9.98. The third kappa shape index (κ3) is 3.49. The van der Waals surface area contributed by atoms with Crippen molar-refractivity contribution in [2.24, 2.45) is 0 Å². The second kappa shape index (κ2) is 5.63. The van der Waals surface area contributed by atoms with E-state index in [-0.39, 0.29) is 0 Å². The number of rotatable bonds is 4. The van der Waals surface area contributed by atoms with E-state index in [4.69, 9.17) is 4.74 Å². The predicted molar refractivity (Wildman–Crippen MR) is 56.4 cm³/mol. The van der Waals surface area contributed by atoms with Crippen LogP contribution >= 0.6 is 0 Å². The van der Waals surface area contributed by atoms with E-state index in [0.29, 0.717) is 6.10 Å². The summed E-state index contributed by atoms with van der Waals surface area (Å²) in [6, 6.07) is 0. The van der Waals surface area contributed by atoms with Crippen LogP contribution in [0.4, 0.5) is 0 Å². The monoisotopic (exact) mass is 178 g/mol. The Labute approximate surface area is 80.8 Å². The molecule has 0 N–H and O–H groups in total. The van der Waals surface area contributed by atoms with Crippen LogP contribution in [0.25, 0.3) is 0 Å². The van der Waals surface area contributed by atoms with Crippen LogP contribution in [0.1, 0.15) is 32.1 Å². The minimum atomic E-state index is 0.401. The van der Waals surface area contributed by atoms with Gasteiger partial charge in [0.1, 0.15) is 5.76 Å². The van der Waals surface area contributed by atoms with Gasteiger partial charge in [-0.25, -0.2) is 0 Å². The highest BCUT2D eigenvalue weighted by Crippen LogP contribution is 2.22. The highest BCUT2D eigenvalue weighted by atomic mass is 16.5. The molecule has 0 aromatic heterocycles. The lowest BCUT2D eigenvalue weighted by Crippen LogP contribution is -2.15. The molecule has 1 nitrogen and oxygen atoms in total. The molecule has 0 radical (unpaired) electrons. The number of hydrogen-bond donors (Lipinski definition) is 0. The molecule has 13 heavy (non-hydrogen) atoms. The predicted octanol–water partition coefficient (Wildman–Crippen LogP) is 3.59. The number of ether oxygens (including phenoxy) is 1. The Bertz CT molecular complexity index is 197. The van der Waals surface area contributed by atoms with E-state index >= 15 is 0 Å². The molecule has 0 amide bonds. The van der Waals surface area contributed by atoms with E-state index in [2.05, 4.69) is 13.2 Å². The Morgan fingerprint density at radius 3 is 2.38 bits per heavy atom. The van der Waals surface area contributed by atoms with E-state index in [1.165, 1.54) is 32.1 Å². The van der Waals surface area contributed by atoms with Crippen molar-refractivity contribution in [3.8, 4) is 0 Å². The molecule has 1 aliphatic rings. The van der Waals surface area contributed by atoms with Crippen molar-refractivity contribution < 1.29 is 4.74 Å². The Hall–Kier alpha value is -0.980. The topological polar surface area (TPSA) is 9.23 Å². The largest absolute Gasteiger partial charge is 0.490 e. The van der Waals surface area contributed by atoms with E-state index in [0.717, 1.165) is 5.76 Å². The average molecular weight is 178 g/mol. The van der Waals surface area contributed by atoms with Gasteiger partial charge in [0.05, 0.1) is 6.10 Å². The maximum absolute atomic E-state index is 5.75. The van der Waals surface area contributed by atoms with Gasteiger partial charge < -0.3 is 4.74 Å². The van der Waals surface area contributed by atoms with Gasteiger partial charge in [-0.2, -0.15) is 0 Å². The molecule has 1 fully saturated rings. The van der Waals surface area contributed by atoms with Gasteiger partial charge in [-0.15, -0.1) is 0 Å². The van der Waals surface area contributed by atoms with Crippen LogP contribution in [0.5, 0.6) is 0 Å². The molecule has 1 aliphatic carbocycles. The first kappa shape index (κ1) is 10.1. The highest BCUT2D eigenvalue weighted by Gasteiger charge is 2.14. The fourth-order valence-corrected chi connectivity index (χ4v) is 1.65. The summed E-state index contributed by atoms with van der Waals surface area (Å²) in [6.07, 6.45) is 12.1. The Morgan fingerprint density at radius 1 is 1.15 bits per heavy atom. The molecule has 0 aliphatic heterocycles. The zero-order valence-corrected chi connectivity index (χ0v) is 8.17. The zero-order valence-electron chi connectivity index (χ0n) is 8.17. The van der Waals surface area contributed by atoms with Crippen molar-refractivity contribution in [3.63, 3.8) is 0 Å². The van der Waals surface area contributed by atoms with Crippen molar-refractivity contribution in [2.75, 3.05) is 0 Å². The maximum atomic E-state index is 5.75. The van der Waals surface area contributed by atoms with Gasteiger partial charge >= 0.3 is 0 Å². The van der Waals surface area contributed by atoms with Gasteiger partial charge in [-0.05, 0) is 37.8 Å². The standard InChI is InChI=1S/C12H18O/c1-3-8-11(4-2)13-12-9-6-5-7-10-12/h3-4,8,12H,1-2,5-7,9-10H2. The second-order valence-electron chi connectivity index (χ2n) is 3.39. The molecular formula is C12H18O. The van der Waals surface area contributed by atoms with Gasteiger partial charge in [-0.3, -0.25) is 0 Å². The molecule has 0 spiro atoms. The number of hydrogen-bond acceptors (Lipinski definition) is 1. The van der Waals surface area contributed by atoms with Gasteiger partial charge in [0.25, 0.3) is 0 Å². The number of allylic oxidation sites excluding steroid dienone is 3. The zero-order chi connectivity index (χ0) is 9.52. The Morgan fingerprint density at radius 2 is 1.85 bits per heavy atom. The van der Waals surface area contributed by atoms with Crippen LogP contribution in [0.3, 0.4) is 0 Å². The molecule has 0 aromatic rings. The summed E-state index contributed by atoms with van der Waals surface area (Å²) < 4.78 is 5.75. The molecule has 1 heteroatoms. The van der Waals surface area contributed by atoms with E-state index < -0.39 is 0 Å². The second-order valence-corrected chi connectivity index (χ2v) is 3.39. The van der Waals surface area contributed by atoms with Crippen LogP contribution in [0.15, 0.2) is 37.1 Å². The molecule has 0 bridgehead atoms. The molecule has 0 saturated heterocycles. The first-order chi connectivity index (χ1) is 6.36. The van der Waals surface area contributed by atoms with Crippen molar-refractivity contribution in [1.29, 1.82) is 0 Å². The van der Waals surface area contributed by atoms with Gasteiger partial charge in [0, 0.05) is 0 Å². The highest BCUT2D eigenvalue weighted by molar-refractivity contribution is 5.15. The van der Waals surface area contributed by atoms with Gasteiger partial charge in [0.2, 0.25) is 0 Å². The molecule has 0 heterocycles. The third-order valence-corrected chi connectivity index (χ3v) is 2.34.